The maximum absolute atomic E-state index is 10.5. The summed E-state index contributed by atoms with van der Waals surface area (Å²) in [4.78, 5) is 10.5. The summed E-state index contributed by atoms with van der Waals surface area (Å²) in [6.07, 6.45) is 0. The summed E-state index contributed by atoms with van der Waals surface area (Å²) in [6.45, 7) is 0. The van der Waals surface area contributed by atoms with Gasteiger partial charge in [0.2, 0.25) is 0 Å². The standard InChI is InChI=1S/C5HBrCl2OS/c6-3-1-2(4(7)9)5(8)10-3/h1H. The molecule has 0 aromatic carbocycles. The molecule has 0 fully saturated rings. The first-order chi connectivity index (χ1) is 4.61. The van der Waals surface area contributed by atoms with E-state index in [1.807, 2.05) is 0 Å². The van der Waals surface area contributed by atoms with Crippen LogP contribution >= 0.6 is 50.5 Å². The van der Waals surface area contributed by atoms with Crippen LogP contribution in [-0.4, -0.2) is 5.24 Å². The lowest BCUT2D eigenvalue weighted by molar-refractivity contribution is 0.108. The summed E-state index contributed by atoms with van der Waals surface area (Å²) in [5, 5.41) is -0.521. The average Bonchev–Trinajstić information content (AvgIpc) is 2.10. The zero-order valence-electron chi connectivity index (χ0n) is 4.53. The van der Waals surface area contributed by atoms with Crippen molar-refractivity contribution in [1.82, 2.24) is 0 Å². The van der Waals surface area contributed by atoms with Gasteiger partial charge in [-0.1, -0.05) is 11.6 Å². The average molecular weight is 260 g/mol. The van der Waals surface area contributed by atoms with E-state index in [4.69, 9.17) is 23.2 Å². The summed E-state index contributed by atoms with van der Waals surface area (Å²) < 4.78 is 1.23. The first-order valence-electron chi connectivity index (χ1n) is 2.26. The van der Waals surface area contributed by atoms with E-state index in [0.29, 0.717) is 9.90 Å². The first kappa shape index (κ1) is 8.53. The highest BCUT2D eigenvalue weighted by Gasteiger charge is 2.10. The molecule has 54 valence electrons. The van der Waals surface area contributed by atoms with Crippen LogP contribution in [0.5, 0.6) is 0 Å². The molecule has 0 unspecified atom stereocenters. The summed E-state index contributed by atoms with van der Waals surface area (Å²) in [7, 11) is 0. The molecule has 0 radical (unpaired) electrons. The van der Waals surface area contributed by atoms with Gasteiger partial charge in [0.05, 0.1) is 9.35 Å². The molecule has 5 heteroatoms. The molecule has 0 saturated carbocycles. The molecule has 0 N–H and O–H groups in total. The van der Waals surface area contributed by atoms with Crippen LogP contribution in [0.3, 0.4) is 0 Å². The van der Waals surface area contributed by atoms with Crippen LogP contribution in [0.1, 0.15) is 10.4 Å². The van der Waals surface area contributed by atoms with Crippen LogP contribution < -0.4 is 0 Å². The molecule has 0 saturated heterocycles. The van der Waals surface area contributed by atoms with E-state index in [0.717, 1.165) is 3.79 Å². The second-order valence-electron chi connectivity index (χ2n) is 1.51. The minimum Gasteiger partial charge on any atom is -0.276 e. The largest absolute Gasteiger partial charge is 0.276 e. The molecule has 1 aromatic rings. The van der Waals surface area contributed by atoms with Crippen LogP contribution in [-0.2, 0) is 0 Å². The number of hydrogen-bond acceptors (Lipinski definition) is 2. The SMILES string of the molecule is O=C(Cl)c1cc(Br)sc1Cl. The Kier molecular flexibility index (Phi) is 2.74. The van der Waals surface area contributed by atoms with Gasteiger partial charge < -0.3 is 0 Å². The van der Waals surface area contributed by atoms with Gasteiger partial charge in [-0.2, -0.15) is 0 Å². The summed E-state index contributed by atoms with van der Waals surface area (Å²) in [5.41, 5.74) is 0.361. The Morgan fingerprint density at radius 2 is 2.30 bits per heavy atom. The Bertz CT molecular complexity index is 271. The zero-order chi connectivity index (χ0) is 7.72. The third kappa shape index (κ3) is 1.72. The van der Waals surface area contributed by atoms with Crippen molar-refractivity contribution in [2.24, 2.45) is 0 Å². The van der Waals surface area contributed by atoms with Crippen molar-refractivity contribution >= 4 is 55.7 Å². The highest BCUT2D eigenvalue weighted by Crippen LogP contribution is 2.32. The fraction of sp³-hybridized carbons (Fsp3) is 0. The molecular formula is C5HBrCl2OS. The fourth-order valence-corrected chi connectivity index (χ4v) is 2.72. The van der Waals surface area contributed by atoms with Crippen LogP contribution in [0.25, 0.3) is 0 Å². The fourth-order valence-electron chi connectivity index (χ4n) is 0.474. The number of halogens is 3. The summed E-state index contributed by atoms with van der Waals surface area (Å²) in [6, 6.07) is 1.60. The third-order valence-electron chi connectivity index (χ3n) is 0.868. The molecular weight excluding hydrogens is 259 g/mol. The van der Waals surface area contributed by atoms with Crippen molar-refractivity contribution in [3.63, 3.8) is 0 Å². The van der Waals surface area contributed by atoms with Crippen molar-refractivity contribution in [3.8, 4) is 0 Å². The minimum atomic E-state index is -0.521. The highest BCUT2D eigenvalue weighted by atomic mass is 79.9. The molecule has 1 rings (SSSR count). The maximum atomic E-state index is 10.5. The van der Waals surface area contributed by atoms with Crippen molar-refractivity contribution in [1.29, 1.82) is 0 Å². The number of hydrogen-bond donors (Lipinski definition) is 0. The van der Waals surface area contributed by atoms with Gasteiger partial charge in [0, 0.05) is 0 Å². The number of carbonyl (C=O) groups is 1. The van der Waals surface area contributed by atoms with E-state index >= 15 is 0 Å². The molecule has 0 atom stereocenters. The van der Waals surface area contributed by atoms with Crippen molar-refractivity contribution in [2.45, 2.75) is 0 Å². The number of carbonyl (C=O) groups excluding carboxylic acids is 1. The normalized spacial score (nSPS) is 9.90. The van der Waals surface area contributed by atoms with Crippen molar-refractivity contribution < 1.29 is 4.79 Å². The van der Waals surface area contributed by atoms with E-state index in [-0.39, 0.29) is 0 Å². The van der Waals surface area contributed by atoms with Gasteiger partial charge in [-0.3, -0.25) is 4.79 Å². The Morgan fingerprint density at radius 1 is 1.70 bits per heavy atom. The predicted molar refractivity (Wildman–Crippen MR) is 47.2 cm³/mol. The molecule has 0 bridgehead atoms. The van der Waals surface area contributed by atoms with Gasteiger partial charge in [-0.25, -0.2) is 0 Å². The van der Waals surface area contributed by atoms with Gasteiger partial charge in [0.25, 0.3) is 5.24 Å². The van der Waals surface area contributed by atoms with E-state index in [1.165, 1.54) is 11.3 Å². The van der Waals surface area contributed by atoms with E-state index in [9.17, 15) is 4.79 Å². The molecule has 1 nitrogen and oxygen atoms in total. The van der Waals surface area contributed by atoms with Crippen molar-refractivity contribution in [3.05, 3.63) is 19.8 Å². The van der Waals surface area contributed by atoms with Gasteiger partial charge in [-0.05, 0) is 33.6 Å². The molecule has 1 heterocycles. The van der Waals surface area contributed by atoms with Crippen LogP contribution in [0, 0.1) is 0 Å². The second-order valence-corrected chi connectivity index (χ2v) is 4.89. The first-order valence-corrected chi connectivity index (χ1v) is 4.62. The van der Waals surface area contributed by atoms with Crippen LogP contribution in [0.15, 0.2) is 9.85 Å². The van der Waals surface area contributed by atoms with Crippen LogP contribution in [0.4, 0.5) is 0 Å². The molecule has 1 aromatic heterocycles. The summed E-state index contributed by atoms with van der Waals surface area (Å²) in [5.74, 6) is 0. The van der Waals surface area contributed by atoms with Crippen LogP contribution in [0.2, 0.25) is 4.34 Å². The maximum Gasteiger partial charge on any atom is 0.254 e. The lowest BCUT2D eigenvalue weighted by Gasteiger charge is -1.83. The summed E-state index contributed by atoms with van der Waals surface area (Å²) >= 11 is 15.3. The third-order valence-corrected chi connectivity index (χ3v) is 2.93. The Hall–Kier alpha value is 0.430. The van der Waals surface area contributed by atoms with Gasteiger partial charge >= 0.3 is 0 Å². The van der Waals surface area contributed by atoms with Gasteiger partial charge in [-0.15, -0.1) is 11.3 Å². The Balaban J connectivity index is 3.15. The smallest absolute Gasteiger partial charge is 0.254 e. The van der Waals surface area contributed by atoms with E-state index < -0.39 is 5.24 Å². The highest BCUT2D eigenvalue weighted by molar-refractivity contribution is 9.11. The minimum absolute atomic E-state index is 0.361. The molecule has 0 spiro atoms. The monoisotopic (exact) mass is 258 g/mol. The predicted octanol–water partition coefficient (Wildman–Crippen LogP) is 3.54. The Morgan fingerprint density at radius 3 is 2.50 bits per heavy atom. The van der Waals surface area contributed by atoms with Crippen molar-refractivity contribution in [2.75, 3.05) is 0 Å². The van der Waals surface area contributed by atoms with E-state index in [2.05, 4.69) is 15.9 Å². The zero-order valence-corrected chi connectivity index (χ0v) is 8.44. The lowest BCUT2D eigenvalue weighted by Crippen LogP contribution is -1.83. The van der Waals surface area contributed by atoms with E-state index in [1.54, 1.807) is 6.07 Å². The molecule has 0 aliphatic carbocycles. The number of rotatable bonds is 1. The Labute approximate surface area is 80.1 Å². The quantitative estimate of drug-likeness (QED) is 0.705. The molecule has 0 amide bonds. The lowest BCUT2D eigenvalue weighted by atomic mass is 10.4. The topological polar surface area (TPSA) is 17.1 Å². The molecule has 0 aliphatic rings. The molecule has 10 heavy (non-hydrogen) atoms. The van der Waals surface area contributed by atoms with Gasteiger partial charge in [0.15, 0.2) is 0 Å². The second kappa shape index (κ2) is 3.22. The number of thiophene rings is 1. The molecule has 0 aliphatic heterocycles. The van der Waals surface area contributed by atoms with Gasteiger partial charge in [0.1, 0.15) is 4.34 Å².